The van der Waals surface area contributed by atoms with Gasteiger partial charge in [0.1, 0.15) is 5.82 Å². The molecule has 0 unspecified atom stereocenters. The zero-order valence-electron chi connectivity index (χ0n) is 8.37. The second kappa shape index (κ2) is 4.66. The lowest BCUT2D eigenvalue weighted by molar-refractivity contribution is -0.386. The SMILES string of the molecule is N[C@H](CC(F)(F)F)c1ccc(F)cc1[N+](=O)[O-]. The zero-order chi connectivity index (χ0) is 13.2. The van der Waals surface area contributed by atoms with Crippen molar-refractivity contribution in [2.75, 3.05) is 0 Å². The van der Waals surface area contributed by atoms with Crippen LogP contribution in [0.1, 0.15) is 18.0 Å². The maximum Gasteiger partial charge on any atom is 0.390 e. The molecule has 17 heavy (non-hydrogen) atoms. The molecule has 2 N–H and O–H groups in total. The van der Waals surface area contributed by atoms with Gasteiger partial charge in [-0.2, -0.15) is 13.2 Å². The lowest BCUT2D eigenvalue weighted by Crippen LogP contribution is -2.21. The third-order valence-corrected chi connectivity index (χ3v) is 2.04. The van der Waals surface area contributed by atoms with Gasteiger partial charge in [-0.25, -0.2) is 4.39 Å². The van der Waals surface area contributed by atoms with E-state index in [0.717, 1.165) is 12.1 Å². The number of nitrogens with two attached hydrogens (primary N) is 1. The summed E-state index contributed by atoms with van der Waals surface area (Å²) in [7, 11) is 0. The fourth-order valence-electron chi connectivity index (χ4n) is 1.35. The molecule has 0 aliphatic rings. The molecule has 1 atom stereocenters. The Balaban J connectivity index is 3.09. The Bertz CT molecular complexity index is 433. The van der Waals surface area contributed by atoms with E-state index in [4.69, 9.17) is 5.73 Å². The van der Waals surface area contributed by atoms with Gasteiger partial charge in [0, 0.05) is 11.6 Å². The number of benzene rings is 1. The Labute approximate surface area is 93.2 Å². The first-order valence-corrected chi connectivity index (χ1v) is 4.47. The predicted molar refractivity (Wildman–Crippen MR) is 50.7 cm³/mol. The summed E-state index contributed by atoms with van der Waals surface area (Å²) in [6, 6.07) is 0.685. The summed E-state index contributed by atoms with van der Waals surface area (Å²) in [6.07, 6.45) is -5.94. The molecule has 1 aromatic rings. The number of nitro benzene ring substituents is 1. The van der Waals surface area contributed by atoms with Gasteiger partial charge in [-0.05, 0) is 12.1 Å². The molecule has 0 aliphatic carbocycles. The summed E-state index contributed by atoms with van der Waals surface area (Å²) in [5, 5.41) is 10.5. The van der Waals surface area contributed by atoms with Crippen LogP contribution in [0.2, 0.25) is 0 Å². The van der Waals surface area contributed by atoms with Gasteiger partial charge in [-0.3, -0.25) is 10.1 Å². The van der Waals surface area contributed by atoms with Crippen LogP contribution in [0.15, 0.2) is 18.2 Å². The van der Waals surface area contributed by atoms with E-state index in [1.807, 2.05) is 0 Å². The van der Waals surface area contributed by atoms with Gasteiger partial charge < -0.3 is 5.73 Å². The first-order chi connectivity index (χ1) is 7.70. The van der Waals surface area contributed by atoms with Crippen LogP contribution in [-0.4, -0.2) is 11.1 Å². The molecule has 0 saturated heterocycles. The van der Waals surface area contributed by atoms with E-state index in [1.165, 1.54) is 0 Å². The van der Waals surface area contributed by atoms with E-state index in [2.05, 4.69) is 0 Å². The summed E-state index contributed by atoms with van der Waals surface area (Å²) in [6.45, 7) is 0. The Morgan fingerprint density at radius 1 is 1.41 bits per heavy atom. The maximum absolute atomic E-state index is 12.7. The monoisotopic (exact) mass is 252 g/mol. The van der Waals surface area contributed by atoms with E-state index < -0.39 is 35.1 Å². The van der Waals surface area contributed by atoms with Crippen molar-refractivity contribution in [1.82, 2.24) is 0 Å². The van der Waals surface area contributed by atoms with Crippen molar-refractivity contribution in [1.29, 1.82) is 0 Å². The smallest absolute Gasteiger partial charge is 0.323 e. The van der Waals surface area contributed by atoms with Crippen LogP contribution in [0.3, 0.4) is 0 Å². The molecule has 0 aromatic heterocycles. The Morgan fingerprint density at radius 2 is 2.00 bits per heavy atom. The number of halogens is 4. The molecule has 4 nitrogen and oxygen atoms in total. The maximum atomic E-state index is 12.7. The zero-order valence-corrected chi connectivity index (χ0v) is 8.37. The average Bonchev–Trinajstić information content (AvgIpc) is 2.14. The summed E-state index contributed by atoms with van der Waals surface area (Å²) in [5.74, 6) is -0.903. The molecular weight excluding hydrogens is 244 g/mol. The van der Waals surface area contributed by atoms with Gasteiger partial charge in [-0.1, -0.05) is 0 Å². The highest BCUT2D eigenvalue weighted by Gasteiger charge is 2.33. The van der Waals surface area contributed by atoms with Crippen molar-refractivity contribution in [3.8, 4) is 0 Å². The number of alkyl halides is 3. The fourth-order valence-corrected chi connectivity index (χ4v) is 1.35. The van der Waals surface area contributed by atoms with E-state index in [-0.39, 0.29) is 5.56 Å². The Morgan fingerprint density at radius 3 is 2.47 bits per heavy atom. The minimum absolute atomic E-state index is 0.339. The second-order valence-corrected chi connectivity index (χ2v) is 3.39. The summed E-state index contributed by atoms with van der Waals surface area (Å²) in [5.41, 5.74) is 4.14. The highest BCUT2D eigenvalue weighted by molar-refractivity contribution is 5.42. The third-order valence-electron chi connectivity index (χ3n) is 2.04. The number of rotatable bonds is 3. The summed E-state index contributed by atoms with van der Waals surface area (Å²) in [4.78, 5) is 9.58. The summed E-state index contributed by atoms with van der Waals surface area (Å²) < 4.78 is 49.0. The first kappa shape index (κ1) is 13.4. The highest BCUT2D eigenvalue weighted by Crippen LogP contribution is 2.32. The molecule has 1 aromatic carbocycles. The molecule has 1 rings (SSSR count). The van der Waals surface area contributed by atoms with Crippen LogP contribution < -0.4 is 5.73 Å². The topological polar surface area (TPSA) is 69.2 Å². The Hall–Kier alpha value is -1.70. The highest BCUT2D eigenvalue weighted by atomic mass is 19.4. The largest absolute Gasteiger partial charge is 0.390 e. The van der Waals surface area contributed by atoms with Crippen molar-refractivity contribution >= 4 is 5.69 Å². The van der Waals surface area contributed by atoms with Crippen molar-refractivity contribution in [3.05, 3.63) is 39.7 Å². The molecule has 0 fully saturated rings. The van der Waals surface area contributed by atoms with Crippen LogP contribution in [0.5, 0.6) is 0 Å². The minimum Gasteiger partial charge on any atom is -0.323 e. The van der Waals surface area contributed by atoms with Crippen LogP contribution in [0.25, 0.3) is 0 Å². The molecule has 0 spiro atoms. The van der Waals surface area contributed by atoms with Crippen LogP contribution in [0.4, 0.5) is 23.2 Å². The molecule has 94 valence electrons. The molecule has 0 heterocycles. The van der Waals surface area contributed by atoms with E-state index in [0.29, 0.717) is 6.07 Å². The molecular formula is C9H8F4N2O2. The number of hydrogen-bond donors (Lipinski definition) is 1. The van der Waals surface area contributed by atoms with Gasteiger partial charge in [0.25, 0.3) is 5.69 Å². The van der Waals surface area contributed by atoms with E-state index in [1.54, 1.807) is 0 Å². The fraction of sp³-hybridized carbons (Fsp3) is 0.333. The number of nitro groups is 1. The molecule has 0 amide bonds. The van der Waals surface area contributed by atoms with Gasteiger partial charge in [0.15, 0.2) is 0 Å². The van der Waals surface area contributed by atoms with Crippen LogP contribution in [0, 0.1) is 15.9 Å². The van der Waals surface area contributed by atoms with Gasteiger partial charge >= 0.3 is 6.18 Å². The normalized spacial score (nSPS) is 13.5. The second-order valence-electron chi connectivity index (χ2n) is 3.39. The molecule has 8 heteroatoms. The Kier molecular flexibility index (Phi) is 3.66. The van der Waals surface area contributed by atoms with Crippen molar-refractivity contribution in [3.63, 3.8) is 0 Å². The summed E-state index contributed by atoms with van der Waals surface area (Å²) >= 11 is 0. The van der Waals surface area contributed by atoms with Crippen molar-refractivity contribution < 1.29 is 22.5 Å². The molecule has 0 bridgehead atoms. The minimum atomic E-state index is -4.54. The van der Waals surface area contributed by atoms with Gasteiger partial charge in [0.2, 0.25) is 0 Å². The van der Waals surface area contributed by atoms with Crippen molar-refractivity contribution in [2.24, 2.45) is 5.73 Å². The molecule has 0 aliphatic heterocycles. The average molecular weight is 252 g/mol. The van der Waals surface area contributed by atoms with Gasteiger partial charge in [0.05, 0.1) is 17.4 Å². The van der Waals surface area contributed by atoms with Crippen molar-refractivity contribution in [2.45, 2.75) is 18.6 Å². The number of hydrogen-bond acceptors (Lipinski definition) is 3. The quantitative estimate of drug-likeness (QED) is 0.510. The lowest BCUT2D eigenvalue weighted by Gasteiger charge is -2.14. The van der Waals surface area contributed by atoms with E-state index in [9.17, 15) is 27.7 Å². The molecule has 0 radical (unpaired) electrons. The van der Waals surface area contributed by atoms with E-state index >= 15 is 0 Å². The standard InChI is InChI=1S/C9H8F4N2O2/c10-5-1-2-6(8(3-5)15(16)17)7(14)4-9(11,12)13/h1-3,7H,4,14H2/t7-/m1/s1. The molecule has 0 saturated carbocycles. The van der Waals surface area contributed by atoms with Crippen LogP contribution in [-0.2, 0) is 0 Å². The first-order valence-electron chi connectivity index (χ1n) is 4.47. The third kappa shape index (κ3) is 3.66. The lowest BCUT2D eigenvalue weighted by atomic mass is 10.0. The van der Waals surface area contributed by atoms with Crippen LogP contribution >= 0.6 is 0 Å². The predicted octanol–water partition coefficient (Wildman–Crippen LogP) is 2.69. The van der Waals surface area contributed by atoms with Gasteiger partial charge in [-0.15, -0.1) is 0 Å². The number of nitrogens with zero attached hydrogens (tertiary/aromatic N) is 1.